The van der Waals surface area contributed by atoms with Crippen LogP contribution in [0.3, 0.4) is 0 Å². The molecule has 1 aliphatic heterocycles. The Morgan fingerprint density at radius 3 is 2.78 bits per heavy atom. The van der Waals surface area contributed by atoms with E-state index >= 15 is 0 Å². The van der Waals surface area contributed by atoms with Crippen LogP contribution in [0.25, 0.3) is 0 Å². The van der Waals surface area contributed by atoms with Crippen LogP contribution in [0.4, 0.5) is 0 Å². The van der Waals surface area contributed by atoms with Gasteiger partial charge in [0.05, 0.1) is 0 Å². The van der Waals surface area contributed by atoms with E-state index in [1.54, 1.807) is 0 Å². The third-order valence-corrected chi connectivity index (χ3v) is 5.63. The molecule has 1 atom stereocenters. The van der Waals surface area contributed by atoms with Crippen molar-refractivity contribution in [1.29, 1.82) is 0 Å². The van der Waals surface area contributed by atoms with Gasteiger partial charge in [0.25, 0.3) is 0 Å². The highest BCUT2D eigenvalue weighted by atomic mass is 35.5. The maximum atomic E-state index is 12.7. The molecule has 0 spiro atoms. The molecule has 6 heteroatoms. The SMILES string of the molecule is Cc1ncc2c(c1CNC(=O)C1CCc3ccccc3C1)CCNC2.Cl.Cl. The number of amides is 1. The van der Waals surface area contributed by atoms with Crippen LogP contribution in [-0.2, 0) is 37.1 Å². The summed E-state index contributed by atoms with van der Waals surface area (Å²) in [4.78, 5) is 17.2. The van der Waals surface area contributed by atoms with Crippen LogP contribution in [-0.4, -0.2) is 17.4 Å². The summed E-state index contributed by atoms with van der Waals surface area (Å²) in [6.45, 7) is 4.51. The first-order valence-electron chi connectivity index (χ1n) is 9.24. The molecule has 2 N–H and O–H groups in total. The summed E-state index contributed by atoms with van der Waals surface area (Å²) in [6, 6.07) is 8.49. The number of carbonyl (C=O) groups is 1. The van der Waals surface area contributed by atoms with E-state index in [9.17, 15) is 4.79 Å². The second kappa shape index (κ2) is 9.54. The molecule has 0 fully saturated rings. The number of halogens is 2. The van der Waals surface area contributed by atoms with Gasteiger partial charge in [-0.25, -0.2) is 0 Å². The highest BCUT2D eigenvalue weighted by Crippen LogP contribution is 2.26. The van der Waals surface area contributed by atoms with Crippen molar-refractivity contribution in [1.82, 2.24) is 15.6 Å². The number of hydrogen-bond donors (Lipinski definition) is 2. The molecule has 0 bridgehead atoms. The fourth-order valence-corrected chi connectivity index (χ4v) is 4.12. The first-order chi connectivity index (χ1) is 12.2. The smallest absolute Gasteiger partial charge is 0.223 e. The minimum atomic E-state index is 0. The number of fused-ring (bicyclic) bond motifs is 2. The zero-order valence-corrected chi connectivity index (χ0v) is 17.2. The van der Waals surface area contributed by atoms with Crippen molar-refractivity contribution in [2.24, 2.45) is 5.92 Å². The Kier molecular flexibility index (Phi) is 7.66. The van der Waals surface area contributed by atoms with Gasteiger partial charge in [0, 0.05) is 30.9 Å². The molecule has 0 radical (unpaired) electrons. The van der Waals surface area contributed by atoms with Gasteiger partial charge in [0.15, 0.2) is 0 Å². The number of aryl methyl sites for hydroxylation is 2. The molecule has 146 valence electrons. The second-order valence-corrected chi connectivity index (χ2v) is 7.18. The molecule has 0 saturated carbocycles. The van der Waals surface area contributed by atoms with Crippen molar-refractivity contribution in [2.45, 2.75) is 45.7 Å². The summed E-state index contributed by atoms with van der Waals surface area (Å²) in [7, 11) is 0. The fraction of sp³-hybridized carbons (Fsp3) is 0.429. The molecule has 1 unspecified atom stereocenters. The minimum Gasteiger partial charge on any atom is -0.352 e. The van der Waals surface area contributed by atoms with E-state index < -0.39 is 0 Å². The summed E-state index contributed by atoms with van der Waals surface area (Å²) < 4.78 is 0. The third-order valence-electron chi connectivity index (χ3n) is 5.63. The molecule has 2 aromatic rings. The lowest BCUT2D eigenvalue weighted by molar-refractivity contribution is -0.125. The van der Waals surface area contributed by atoms with Gasteiger partial charge in [-0.3, -0.25) is 9.78 Å². The van der Waals surface area contributed by atoms with E-state index in [2.05, 4.69) is 39.9 Å². The van der Waals surface area contributed by atoms with E-state index in [1.165, 1.54) is 27.8 Å². The number of nitrogens with one attached hydrogen (secondary N) is 2. The summed E-state index contributed by atoms with van der Waals surface area (Å²) in [5.41, 5.74) is 7.62. The number of aromatic nitrogens is 1. The fourth-order valence-electron chi connectivity index (χ4n) is 4.12. The Morgan fingerprint density at radius 1 is 1.19 bits per heavy atom. The zero-order chi connectivity index (χ0) is 17.2. The molecule has 0 saturated heterocycles. The van der Waals surface area contributed by atoms with E-state index in [-0.39, 0.29) is 36.6 Å². The lowest BCUT2D eigenvalue weighted by atomic mass is 9.83. The molecule has 2 heterocycles. The van der Waals surface area contributed by atoms with E-state index in [0.29, 0.717) is 6.54 Å². The zero-order valence-electron chi connectivity index (χ0n) is 15.6. The standard InChI is InChI=1S/C21H25N3O.2ClH/c1-14-20(19-8-9-22-11-18(19)12-23-14)13-24-21(25)17-7-6-15-4-2-3-5-16(15)10-17;;/h2-5,12,17,22H,6-11,13H2,1H3,(H,24,25);2*1H. The van der Waals surface area contributed by atoms with Gasteiger partial charge >= 0.3 is 0 Å². The van der Waals surface area contributed by atoms with Crippen molar-refractivity contribution in [3.05, 3.63) is 64.0 Å². The van der Waals surface area contributed by atoms with Crippen LogP contribution in [0.5, 0.6) is 0 Å². The van der Waals surface area contributed by atoms with Crippen molar-refractivity contribution in [2.75, 3.05) is 6.54 Å². The van der Waals surface area contributed by atoms with Gasteiger partial charge in [-0.2, -0.15) is 0 Å². The third kappa shape index (κ3) is 4.63. The quantitative estimate of drug-likeness (QED) is 0.820. The van der Waals surface area contributed by atoms with Crippen LogP contribution < -0.4 is 10.6 Å². The average molecular weight is 408 g/mol. The normalized spacial score (nSPS) is 17.6. The van der Waals surface area contributed by atoms with Gasteiger partial charge in [0.1, 0.15) is 0 Å². The summed E-state index contributed by atoms with van der Waals surface area (Å²) in [6.07, 6.45) is 5.79. The number of nitrogens with zero attached hydrogens (tertiary/aromatic N) is 1. The van der Waals surface area contributed by atoms with Gasteiger partial charge < -0.3 is 10.6 Å². The van der Waals surface area contributed by atoms with Gasteiger partial charge in [-0.1, -0.05) is 24.3 Å². The molecule has 1 aliphatic carbocycles. The molecular formula is C21H27Cl2N3O. The van der Waals surface area contributed by atoms with Crippen molar-refractivity contribution in [3.63, 3.8) is 0 Å². The highest BCUT2D eigenvalue weighted by Gasteiger charge is 2.25. The van der Waals surface area contributed by atoms with Crippen LogP contribution in [0.1, 0.15) is 39.9 Å². The predicted molar refractivity (Wildman–Crippen MR) is 113 cm³/mol. The van der Waals surface area contributed by atoms with Crippen LogP contribution in [0, 0.1) is 12.8 Å². The monoisotopic (exact) mass is 407 g/mol. The molecule has 1 amide bonds. The van der Waals surface area contributed by atoms with E-state index in [1.807, 2.05) is 13.1 Å². The summed E-state index contributed by atoms with van der Waals surface area (Å²) in [5.74, 6) is 0.268. The van der Waals surface area contributed by atoms with Crippen LogP contribution >= 0.6 is 24.8 Å². The number of hydrogen-bond acceptors (Lipinski definition) is 3. The Labute approximate surface area is 173 Å². The molecule has 4 rings (SSSR count). The summed E-state index contributed by atoms with van der Waals surface area (Å²) in [5, 5.41) is 6.58. The van der Waals surface area contributed by atoms with Crippen molar-refractivity contribution in [3.8, 4) is 0 Å². The predicted octanol–water partition coefficient (Wildman–Crippen LogP) is 3.30. The second-order valence-electron chi connectivity index (χ2n) is 7.18. The van der Waals surface area contributed by atoms with Gasteiger partial charge in [-0.05, 0) is 67.0 Å². The van der Waals surface area contributed by atoms with Gasteiger partial charge in [0.2, 0.25) is 5.91 Å². The maximum Gasteiger partial charge on any atom is 0.223 e. The highest BCUT2D eigenvalue weighted by molar-refractivity contribution is 5.85. The molecule has 4 nitrogen and oxygen atoms in total. The van der Waals surface area contributed by atoms with Crippen molar-refractivity contribution < 1.29 is 4.79 Å². The Morgan fingerprint density at radius 2 is 1.96 bits per heavy atom. The molecule has 1 aromatic carbocycles. The molecule has 1 aromatic heterocycles. The topological polar surface area (TPSA) is 54.0 Å². The largest absolute Gasteiger partial charge is 0.352 e. The Hall–Kier alpha value is -1.62. The summed E-state index contributed by atoms with van der Waals surface area (Å²) >= 11 is 0. The first kappa shape index (κ1) is 21.7. The first-order valence-corrected chi connectivity index (χ1v) is 9.24. The van der Waals surface area contributed by atoms with E-state index in [0.717, 1.165) is 44.5 Å². The van der Waals surface area contributed by atoms with Gasteiger partial charge in [-0.15, -0.1) is 24.8 Å². The lowest BCUT2D eigenvalue weighted by Gasteiger charge is -2.25. The maximum absolute atomic E-state index is 12.7. The Balaban J connectivity index is 0.00000131. The Bertz CT molecular complexity index is 810. The minimum absolute atomic E-state index is 0. The number of carbonyl (C=O) groups excluding carboxylic acids is 1. The van der Waals surface area contributed by atoms with Crippen molar-refractivity contribution >= 4 is 30.7 Å². The van der Waals surface area contributed by atoms with Crippen LogP contribution in [0.2, 0.25) is 0 Å². The van der Waals surface area contributed by atoms with E-state index in [4.69, 9.17) is 0 Å². The molecule has 27 heavy (non-hydrogen) atoms. The number of rotatable bonds is 3. The number of benzene rings is 1. The molecule has 2 aliphatic rings. The molecular weight excluding hydrogens is 381 g/mol. The lowest BCUT2D eigenvalue weighted by Crippen LogP contribution is -2.35. The van der Waals surface area contributed by atoms with Crippen LogP contribution in [0.15, 0.2) is 30.5 Å². The number of pyridine rings is 1. The average Bonchev–Trinajstić information content (AvgIpc) is 2.66.